The Morgan fingerprint density at radius 1 is 1.39 bits per heavy atom. The number of anilines is 2. The highest BCUT2D eigenvalue weighted by molar-refractivity contribution is 6.04. The molecule has 0 aliphatic carbocycles. The summed E-state index contributed by atoms with van der Waals surface area (Å²) in [6.45, 7) is 3.78. The third-order valence-electron chi connectivity index (χ3n) is 2.73. The minimum absolute atomic E-state index is 0.192. The maximum absolute atomic E-state index is 12.1. The highest BCUT2D eigenvalue weighted by Gasteiger charge is 2.12. The third kappa shape index (κ3) is 2.34. The molecule has 0 radical (unpaired) electrons. The van der Waals surface area contributed by atoms with Gasteiger partial charge < -0.3 is 15.6 Å². The molecule has 0 saturated heterocycles. The number of nitrogens with zero attached hydrogens (tertiary/aromatic N) is 2. The summed E-state index contributed by atoms with van der Waals surface area (Å²) in [7, 11) is 1.78. The molecule has 2 aromatic rings. The van der Waals surface area contributed by atoms with Gasteiger partial charge in [-0.1, -0.05) is 0 Å². The van der Waals surface area contributed by atoms with Crippen molar-refractivity contribution in [3.8, 4) is 0 Å². The zero-order chi connectivity index (χ0) is 13.3. The van der Waals surface area contributed by atoms with Gasteiger partial charge in [0.1, 0.15) is 5.69 Å². The summed E-state index contributed by atoms with van der Waals surface area (Å²) in [5, 5.41) is 2.83. The fourth-order valence-corrected chi connectivity index (χ4v) is 1.82. The number of nitrogen functional groups attached to an aromatic ring is 1. The van der Waals surface area contributed by atoms with Crippen LogP contribution < -0.4 is 11.1 Å². The lowest BCUT2D eigenvalue weighted by atomic mass is 10.2. The fourth-order valence-electron chi connectivity index (χ4n) is 1.82. The minimum atomic E-state index is -0.192. The first-order chi connectivity index (χ1) is 8.47. The highest BCUT2D eigenvalue weighted by Crippen LogP contribution is 2.15. The molecule has 0 aromatic carbocycles. The summed E-state index contributed by atoms with van der Waals surface area (Å²) in [6.07, 6.45) is 1.70. The minimum Gasteiger partial charge on any atom is -0.397 e. The molecular weight excluding hydrogens is 228 g/mol. The number of aromatic nitrogens is 2. The predicted octanol–water partition coefficient (Wildman–Crippen LogP) is 1.87. The summed E-state index contributed by atoms with van der Waals surface area (Å²) in [4.78, 5) is 16.4. The van der Waals surface area contributed by atoms with Crippen LogP contribution in [-0.2, 0) is 7.05 Å². The number of nitrogens with one attached hydrogen (secondary N) is 1. The van der Waals surface area contributed by atoms with Gasteiger partial charge in [-0.2, -0.15) is 0 Å². The van der Waals surface area contributed by atoms with Gasteiger partial charge in [-0.15, -0.1) is 0 Å². The number of carbonyl (C=O) groups is 1. The number of amides is 1. The Hall–Kier alpha value is -2.30. The van der Waals surface area contributed by atoms with Gasteiger partial charge in [0.15, 0.2) is 0 Å². The maximum Gasteiger partial charge on any atom is 0.272 e. The average Bonchev–Trinajstić information content (AvgIpc) is 2.62. The molecule has 2 rings (SSSR count). The number of nitrogens with two attached hydrogens (primary N) is 1. The molecule has 0 aliphatic rings. The number of aryl methyl sites for hydroxylation is 3. The van der Waals surface area contributed by atoms with Crippen LogP contribution >= 0.6 is 0 Å². The summed E-state index contributed by atoms with van der Waals surface area (Å²) < 4.78 is 1.70. The van der Waals surface area contributed by atoms with Crippen molar-refractivity contribution in [1.82, 2.24) is 9.55 Å². The van der Waals surface area contributed by atoms with Crippen LogP contribution in [0.2, 0.25) is 0 Å². The van der Waals surface area contributed by atoms with Crippen LogP contribution in [0.5, 0.6) is 0 Å². The lowest BCUT2D eigenvalue weighted by Crippen LogP contribution is -2.16. The fraction of sp³-hybridized carbons (Fsp3) is 0.231. The second-order valence-electron chi connectivity index (χ2n) is 4.31. The normalized spacial score (nSPS) is 10.4. The van der Waals surface area contributed by atoms with E-state index in [-0.39, 0.29) is 5.91 Å². The van der Waals surface area contributed by atoms with E-state index >= 15 is 0 Å². The molecule has 5 nitrogen and oxygen atoms in total. The molecule has 0 saturated carbocycles. The van der Waals surface area contributed by atoms with Crippen LogP contribution in [0.4, 0.5) is 11.4 Å². The molecule has 2 aromatic heterocycles. The van der Waals surface area contributed by atoms with Crippen molar-refractivity contribution in [1.29, 1.82) is 0 Å². The van der Waals surface area contributed by atoms with Gasteiger partial charge in [-0.3, -0.25) is 9.78 Å². The van der Waals surface area contributed by atoms with Gasteiger partial charge >= 0.3 is 0 Å². The molecule has 1 amide bonds. The van der Waals surface area contributed by atoms with Crippen LogP contribution in [0.15, 0.2) is 24.4 Å². The molecule has 0 aliphatic heterocycles. The van der Waals surface area contributed by atoms with E-state index in [9.17, 15) is 4.79 Å². The van der Waals surface area contributed by atoms with Crippen molar-refractivity contribution in [2.24, 2.45) is 7.05 Å². The monoisotopic (exact) mass is 244 g/mol. The Labute approximate surface area is 106 Å². The Bertz CT molecular complexity index is 601. The second-order valence-corrected chi connectivity index (χ2v) is 4.31. The molecule has 94 valence electrons. The number of pyridine rings is 1. The molecule has 5 heteroatoms. The van der Waals surface area contributed by atoms with Crippen molar-refractivity contribution < 1.29 is 4.79 Å². The van der Waals surface area contributed by atoms with Crippen molar-refractivity contribution in [3.63, 3.8) is 0 Å². The van der Waals surface area contributed by atoms with Gasteiger partial charge in [0.25, 0.3) is 5.91 Å². The van der Waals surface area contributed by atoms with E-state index in [1.54, 1.807) is 23.9 Å². The summed E-state index contributed by atoms with van der Waals surface area (Å²) in [5.41, 5.74) is 9.17. The summed E-state index contributed by atoms with van der Waals surface area (Å²) >= 11 is 0. The second kappa shape index (κ2) is 4.52. The van der Waals surface area contributed by atoms with Gasteiger partial charge in [0, 0.05) is 18.9 Å². The van der Waals surface area contributed by atoms with Crippen LogP contribution in [0.25, 0.3) is 0 Å². The van der Waals surface area contributed by atoms with Crippen molar-refractivity contribution in [2.75, 3.05) is 11.1 Å². The average molecular weight is 244 g/mol. The zero-order valence-corrected chi connectivity index (χ0v) is 10.7. The van der Waals surface area contributed by atoms with Crippen molar-refractivity contribution >= 4 is 17.3 Å². The van der Waals surface area contributed by atoms with E-state index < -0.39 is 0 Å². The van der Waals surface area contributed by atoms with E-state index in [1.165, 1.54) is 0 Å². The molecule has 0 fully saturated rings. The molecular formula is C13H16N4O. The number of carbonyl (C=O) groups excluding carboxylic acids is 1. The van der Waals surface area contributed by atoms with Gasteiger partial charge in [-0.25, -0.2) is 0 Å². The maximum atomic E-state index is 12.1. The molecule has 3 N–H and O–H groups in total. The van der Waals surface area contributed by atoms with Gasteiger partial charge in [0.05, 0.1) is 17.1 Å². The lowest BCUT2D eigenvalue weighted by molar-refractivity contribution is 0.101. The number of hydrogen-bond donors (Lipinski definition) is 2. The van der Waals surface area contributed by atoms with Crippen LogP contribution in [0.3, 0.4) is 0 Å². The topological polar surface area (TPSA) is 72.9 Å². The first-order valence-electron chi connectivity index (χ1n) is 5.65. The Kier molecular flexibility index (Phi) is 3.06. The van der Waals surface area contributed by atoms with E-state index in [1.807, 2.05) is 26.0 Å². The Morgan fingerprint density at radius 2 is 2.11 bits per heavy atom. The predicted molar refractivity (Wildman–Crippen MR) is 71.5 cm³/mol. The van der Waals surface area contributed by atoms with E-state index in [0.29, 0.717) is 17.1 Å². The summed E-state index contributed by atoms with van der Waals surface area (Å²) in [6, 6.07) is 5.36. The first kappa shape index (κ1) is 12.2. The van der Waals surface area contributed by atoms with Crippen molar-refractivity contribution in [3.05, 3.63) is 41.5 Å². The standard InChI is InChI=1S/C13H16N4O/c1-8-4-5-11(9(2)15-8)16-13(18)12-6-10(14)7-17(12)3/h4-7H,14H2,1-3H3,(H,16,18). The van der Waals surface area contributed by atoms with Crippen LogP contribution in [0.1, 0.15) is 21.9 Å². The number of rotatable bonds is 2. The molecule has 2 heterocycles. The first-order valence-corrected chi connectivity index (χ1v) is 5.65. The highest BCUT2D eigenvalue weighted by atomic mass is 16.1. The van der Waals surface area contributed by atoms with Crippen LogP contribution in [0, 0.1) is 13.8 Å². The Balaban J connectivity index is 2.24. The Morgan fingerprint density at radius 3 is 2.67 bits per heavy atom. The van der Waals surface area contributed by atoms with Gasteiger partial charge in [-0.05, 0) is 32.0 Å². The van der Waals surface area contributed by atoms with E-state index in [4.69, 9.17) is 5.73 Å². The largest absolute Gasteiger partial charge is 0.397 e. The lowest BCUT2D eigenvalue weighted by Gasteiger charge is -2.08. The summed E-state index contributed by atoms with van der Waals surface area (Å²) in [5.74, 6) is -0.192. The SMILES string of the molecule is Cc1ccc(NC(=O)c2cc(N)cn2C)c(C)n1. The molecule has 0 spiro atoms. The van der Waals surface area contributed by atoms with Crippen molar-refractivity contribution in [2.45, 2.75) is 13.8 Å². The van der Waals surface area contributed by atoms with E-state index in [2.05, 4.69) is 10.3 Å². The van der Waals surface area contributed by atoms with E-state index in [0.717, 1.165) is 11.4 Å². The van der Waals surface area contributed by atoms with Crippen LogP contribution in [-0.4, -0.2) is 15.5 Å². The molecule has 0 bridgehead atoms. The molecule has 0 unspecified atom stereocenters. The smallest absolute Gasteiger partial charge is 0.272 e. The number of hydrogen-bond acceptors (Lipinski definition) is 3. The third-order valence-corrected chi connectivity index (χ3v) is 2.73. The van der Waals surface area contributed by atoms with Gasteiger partial charge in [0.2, 0.25) is 0 Å². The molecule has 18 heavy (non-hydrogen) atoms. The quantitative estimate of drug-likeness (QED) is 0.847. The zero-order valence-electron chi connectivity index (χ0n) is 10.7. The molecule has 0 atom stereocenters.